The van der Waals surface area contributed by atoms with Gasteiger partial charge in [-0.2, -0.15) is 0 Å². The first-order chi connectivity index (χ1) is 10.6. The Balaban J connectivity index is 1.88. The molecule has 22 heavy (non-hydrogen) atoms. The van der Waals surface area contributed by atoms with Crippen LogP contribution in [0.3, 0.4) is 0 Å². The second kappa shape index (κ2) is 7.51. The lowest BCUT2D eigenvalue weighted by Gasteiger charge is -2.05. The minimum Gasteiger partial charge on any atom is -0.486 e. The van der Waals surface area contributed by atoms with Gasteiger partial charge >= 0.3 is 11.9 Å². The fraction of sp³-hybridized carbons (Fsp3) is 0.143. The lowest BCUT2D eigenvalue weighted by atomic mass is 10.3. The molecule has 2 rings (SSSR count). The van der Waals surface area contributed by atoms with E-state index in [1.54, 1.807) is 6.07 Å². The zero-order chi connectivity index (χ0) is 15.9. The fourth-order valence-corrected chi connectivity index (χ4v) is 1.90. The van der Waals surface area contributed by atoms with Crippen molar-refractivity contribution < 1.29 is 18.7 Å². The number of rotatable bonds is 4. The third-order valence-electron chi connectivity index (χ3n) is 2.58. The fourth-order valence-electron chi connectivity index (χ4n) is 1.53. The second-order valence-electron chi connectivity index (χ2n) is 4.17. The van der Waals surface area contributed by atoms with Crippen molar-refractivity contribution in [1.29, 1.82) is 0 Å². The van der Waals surface area contributed by atoms with Gasteiger partial charge in [0.25, 0.3) is 0 Å². The maximum absolute atomic E-state index is 11.7. The Morgan fingerprint density at radius 2 is 2.05 bits per heavy atom. The van der Waals surface area contributed by atoms with Crippen LogP contribution in [-0.4, -0.2) is 19.0 Å². The average Bonchev–Trinajstić information content (AvgIpc) is 2.99. The summed E-state index contributed by atoms with van der Waals surface area (Å²) in [5, 5.41) is 2.30. The molecule has 0 spiro atoms. The third kappa shape index (κ3) is 4.52. The molecule has 8 heteroatoms. The maximum Gasteiger partial charge on any atom is 0.333 e. The van der Waals surface area contributed by atoms with Crippen LogP contribution < -0.4 is 20.9 Å². The first kappa shape index (κ1) is 15.9. The van der Waals surface area contributed by atoms with Crippen molar-refractivity contribution in [1.82, 2.24) is 16.2 Å². The lowest BCUT2D eigenvalue weighted by molar-refractivity contribution is 0.0904. The minimum atomic E-state index is -0.558. The van der Waals surface area contributed by atoms with Gasteiger partial charge in [-0.3, -0.25) is 10.2 Å². The van der Waals surface area contributed by atoms with Gasteiger partial charge in [0.15, 0.2) is 5.76 Å². The lowest BCUT2D eigenvalue weighted by Crippen LogP contribution is -2.45. The maximum atomic E-state index is 11.7. The number of carbonyl (C=O) groups excluding carboxylic acids is 2. The van der Waals surface area contributed by atoms with Crippen LogP contribution in [0.2, 0.25) is 0 Å². The number of hydrazine groups is 1. The molecule has 0 fully saturated rings. The molecule has 0 aliphatic heterocycles. The first-order valence-corrected chi connectivity index (χ1v) is 7.13. The topological polar surface area (TPSA) is 92.6 Å². The molecular formula is C14H14BrN3O4. The smallest absolute Gasteiger partial charge is 0.333 e. The zero-order valence-electron chi connectivity index (χ0n) is 11.7. The summed E-state index contributed by atoms with van der Waals surface area (Å²) in [6.45, 7) is 0.187. The average molecular weight is 368 g/mol. The van der Waals surface area contributed by atoms with E-state index in [0.717, 1.165) is 4.47 Å². The van der Waals surface area contributed by atoms with Crippen molar-refractivity contribution in [2.24, 2.45) is 0 Å². The molecule has 0 atom stereocenters. The summed E-state index contributed by atoms with van der Waals surface area (Å²) in [5.74, 6) is 0.685. The predicted molar refractivity (Wildman–Crippen MR) is 82.2 cm³/mol. The first-order valence-electron chi connectivity index (χ1n) is 6.33. The Labute approximate surface area is 135 Å². The molecule has 1 aromatic carbocycles. The van der Waals surface area contributed by atoms with Crippen LogP contribution in [0.1, 0.15) is 16.3 Å². The van der Waals surface area contributed by atoms with Gasteiger partial charge in [-0.25, -0.2) is 10.2 Å². The Bertz CT molecular complexity index is 672. The van der Waals surface area contributed by atoms with Gasteiger partial charge in [-0.15, -0.1) is 0 Å². The van der Waals surface area contributed by atoms with E-state index in [1.807, 2.05) is 24.3 Å². The van der Waals surface area contributed by atoms with Crippen LogP contribution in [0.15, 0.2) is 45.3 Å². The molecule has 1 heterocycles. The van der Waals surface area contributed by atoms with E-state index in [-0.39, 0.29) is 12.4 Å². The number of carbonyl (C=O) groups is 2. The van der Waals surface area contributed by atoms with Gasteiger partial charge in [0.05, 0.1) is 0 Å². The molecule has 0 unspecified atom stereocenters. The van der Waals surface area contributed by atoms with Crippen molar-refractivity contribution in [3.8, 4) is 5.75 Å². The number of halogens is 1. The Kier molecular flexibility index (Phi) is 5.42. The van der Waals surface area contributed by atoms with Gasteiger partial charge < -0.3 is 14.5 Å². The number of urea groups is 1. The standard InChI is InChI=1S/C14H14BrN3O4/c1-16-14(20)18-17-13(19)12-6-5-11(22-12)8-21-10-4-2-3-9(15)7-10/h2-7H,8H2,1H3,(H,17,19)(H2,16,18,20). The van der Waals surface area contributed by atoms with Crippen LogP contribution >= 0.6 is 15.9 Å². The summed E-state index contributed by atoms with van der Waals surface area (Å²) in [4.78, 5) is 22.7. The SMILES string of the molecule is CNC(=O)NNC(=O)c1ccc(COc2cccc(Br)c2)o1. The van der Waals surface area contributed by atoms with Crippen LogP contribution in [0.4, 0.5) is 4.79 Å². The van der Waals surface area contributed by atoms with E-state index in [0.29, 0.717) is 11.5 Å². The third-order valence-corrected chi connectivity index (χ3v) is 3.07. The quantitative estimate of drug-likeness (QED) is 0.722. The highest BCUT2D eigenvalue weighted by Crippen LogP contribution is 2.19. The Morgan fingerprint density at radius 3 is 2.77 bits per heavy atom. The molecular weight excluding hydrogens is 354 g/mol. The largest absolute Gasteiger partial charge is 0.486 e. The van der Waals surface area contributed by atoms with E-state index in [9.17, 15) is 9.59 Å². The molecule has 0 saturated heterocycles. The number of ether oxygens (including phenoxy) is 1. The molecule has 0 bridgehead atoms. The summed E-state index contributed by atoms with van der Waals surface area (Å²) >= 11 is 3.35. The summed E-state index contributed by atoms with van der Waals surface area (Å²) in [6, 6.07) is 9.98. The van der Waals surface area contributed by atoms with Gasteiger partial charge in [0, 0.05) is 11.5 Å². The van der Waals surface area contributed by atoms with Gasteiger partial charge in [0.2, 0.25) is 0 Å². The summed E-state index contributed by atoms with van der Waals surface area (Å²) < 4.78 is 11.8. The van der Waals surface area contributed by atoms with Crippen LogP contribution in [0, 0.1) is 0 Å². The van der Waals surface area contributed by atoms with Gasteiger partial charge in [0.1, 0.15) is 18.1 Å². The monoisotopic (exact) mass is 367 g/mol. The zero-order valence-corrected chi connectivity index (χ0v) is 13.3. The van der Waals surface area contributed by atoms with E-state index in [4.69, 9.17) is 9.15 Å². The molecule has 0 saturated carbocycles. The van der Waals surface area contributed by atoms with Gasteiger partial charge in [-0.05, 0) is 30.3 Å². The minimum absolute atomic E-state index is 0.0734. The van der Waals surface area contributed by atoms with E-state index < -0.39 is 11.9 Å². The Morgan fingerprint density at radius 1 is 1.23 bits per heavy atom. The van der Waals surface area contributed by atoms with Crippen molar-refractivity contribution in [2.45, 2.75) is 6.61 Å². The molecule has 116 valence electrons. The predicted octanol–water partition coefficient (Wildman–Crippen LogP) is 2.19. The van der Waals surface area contributed by atoms with Crippen LogP contribution in [0.5, 0.6) is 5.75 Å². The van der Waals surface area contributed by atoms with Crippen molar-refractivity contribution >= 4 is 27.9 Å². The van der Waals surface area contributed by atoms with Crippen LogP contribution in [0.25, 0.3) is 0 Å². The van der Waals surface area contributed by atoms with Crippen LogP contribution in [-0.2, 0) is 6.61 Å². The van der Waals surface area contributed by atoms with Crippen molar-refractivity contribution in [3.05, 3.63) is 52.4 Å². The summed E-state index contributed by atoms with van der Waals surface area (Å²) in [6.07, 6.45) is 0. The van der Waals surface area contributed by atoms with Gasteiger partial charge in [-0.1, -0.05) is 22.0 Å². The number of nitrogens with one attached hydrogen (secondary N) is 3. The molecule has 0 aliphatic rings. The van der Waals surface area contributed by atoms with E-state index in [1.165, 1.54) is 13.1 Å². The molecule has 0 radical (unpaired) electrons. The number of hydrogen-bond donors (Lipinski definition) is 3. The molecule has 3 N–H and O–H groups in total. The molecule has 1 aromatic heterocycles. The van der Waals surface area contributed by atoms with E-state index in [2.05, 4.69) is 32.1 Å². The van der Waals surface area contributed by atoms with Crippen molar-refractivity contribution in [2.75, 3.05) is 7.05 Å². The summed E-state index contributed by atoms with van der Waals surface area (Å²) in [5.41, 5.74) is 4.36. The summed E-state index contributed by atoms with van der Waals surface area (Å²) in [7, 11) is 1.44. The highest BCUT2D eigenvalue weighted by atomic mass is 79.9. The number of amides is 3. The number of furan rings is 1. The molecule has 0 aliphatic carbocycles. The number of benzene rings is 1. The molecule has 7 nitrogen and oxygen atoms in total. The Hall–Kier alpha value is -2.48. The molecule has 2 aromatic rings. The van der Waals surface area contributed by atoms with Crippen molar-refractivity contribution in [3.63, 3.8) is 0 Å². The molecule has 3 amide bonds. The second-order valence-corrected chi connectivity index (χ2v) is 5.09. The number of hydrogen-bond acceptors (Lipinski definition) is 4. The van der Waals surface area contributed by atoms with E-state index >= 15 is 0 Å². The highest BCUT2D eigenvalue weighted by Gasteiger charge is 2.12. The normalized spacial score (nSPS) is 9.91. The highest BCUT2D eigenvalue weighted by molar-refractivity contribution is 9.10.